The normalized spacial score (nSPS) is 12.3. The summed E-state index contributed by atoms with van der Waals surface area (Å²) in [6.45, 7) is 6.24. The molecule has 0 atom stereocenters. The van der Waals surface area contributed by atoms with Gasteiger partial charge in [0, 0.05) is 18.0 Å². The standard InChI is InChI=1S/C16H17N7/c1-16(2,3)23-15-11(14(17)20-8-21-15)13(22-23)9-7-19-10-5-4-6-18-12(9)10/h4-8,19H,1-3H3,(H2,17,20,21). The molecular weight excluding hydrogens is 290 g/mol. The molecule has 116 valence electrons. The second-order valence-electron chi connectivity index (χ2n) is 6.49. The van der Waals surface area contributed by atoms with Gasteiger partial charge in [-0.15, -0.1) is 0 Å². The van der Waals surface area contributed by atoms with E-state index in [2.05, 4.69) is 40.7 Å². The summed E-state index contributed by atoms with van der Waals surface area (Å²) in [7, 11) is 0. The predicted molar refractivity (Wildman–Crippen MR) is 89.8 cm³/mol. The van der Waals surface area contributed by atoms with Crippen LogP contribution in [0.4, 0.5) is 5.82 Å². The molecule has 0 aliphatic rings. The number of fused-ring (bicyclic) bond motifs is 2. The Morgan fingerprint density at radius 1 is 1.17 bits per heavy atom. The zero-order valence-electron chi connectivity index (χ0n) is 13.2. The monoisotopic (exact) mass is 307 g/mol. The molecule has 0 saturated carbocycles. The van der Waals surface area contributed by atoms with Gasteiger partial charge in [0.1, 0.15) is 17.8 Å². The van der Waals surface area contributed by atoms with Gasteiger partial charge in [0.05, 0.1) is 22.0 Å². The predicted octanol–water partition coefficient (Wildman–Crippen LogP) is 2.71. The summed E-state index contributed by atoms with van der Waals surface area (Å²) in [5, 5.41) is 5.55. The molecule has 4 rings (SSSR count). The number of anilines is 1. The van der Waals surface area contributed by atoms with Crippen LogP contribution < -0.4 is 5.73 Å². The van der Waals surface area contributed by atoms with E-state index in [4.69, 9.17) is 10.8 Å². The van der Waals surface area contributed by atoms with E-state index in [9.17, 15) is 0 Å². The van der Waals surface area contributed by atoms with Crippen molar-refractivity contribution < 1.29 is 0 Å². The number of aromatic nitrogens is 6. The third kappa shape index (κ3) is 1.97. The highest BCUT2D eigenvalue weighted by Gasteiger charge is 2.25. The van der Waals surface area contributed by atoms with Crippen molar-refractivity contribution in [1.82, 2.24) is 29.7 Å². The highest BCUT2D eigenvalue weighted by molar-refractivity contribution is 6.04. The molecule has 7 nitrogen and oxygen atoms in total. The molecular formula is C16H17N7. The van der Waals surface area contributed by atoms with E-state index >= 15 is 0 Å². The Morgan fingerprint density at radius 3 is 2.78 bits per heavy atom. The van der Waals surface area contributed by atoms with Gasteiger partial charge in [-0.25, -0.2) is 14.6 Å². The molecule has 0 fully saturated rings. The highest BCUT2D eigenvalue weighted by Crippen LogP contribution is 2.35. The number of hydrogen-bond donors (Lipinski definition) is 2. The second kappa shape index (κ2) is 4.52. The molecule has 3 N–H and O–H groups in total. The Bertz CT molecular complexity index is 1020. The van der Waals surface area contributed by atoms with Gasteiger partial charge in [-0.2, -0.15) is 5.10 Å². The molecule has 7 heteroatoms. The fraction of sp³-hybridized carbons (Fsp3) is 0.250. The van der Waals surface area contributed by atoms with Gasteiger partial charge in [-0.3, -0.25) is 4.98 Å². The van der Waals surface area contributed by atoms with Gasteiger partial charge in [-0.05, 0) is 32.9 Å². The van der Waals surface area contributed by atoms with Crippen LogP contribution in [0.15, 0.2) is 30.9 Å². The first-order chi connectivity index (χ1) is 11.0. The van der Waals surface area contributed by atoms with E-state index in [1.165, 1.54) is 6.33 Å². The van der Waals surface area contributed by atoms with Gasteiger partial charge in [-0.1, -0.05) is 0 Å². The smallest absolute Gasteiger partial charge is 0.164 e. The molecule has 0 aliphatic carbocycles. The molecule has 0 aliphatic heterocycles. The number of hydrogen-bond acceptors (Lipinski definition) is 5. The van der Waals surface area contributed by atoms with Gasteiger partial charge < -0.3 is 10.7 Å². The quantitative estimate of drug-likeness (QED) is 0.563. The Balaban J connectivity index is 2.12. The maximum absolute atomic E-state index is 6.13. The number of nitrogens with one attached hydrogen (secondary N) is 1. The minimum Gasteiger partial charge on any atom is -0.383 e. The molecule has 0 saturated heterocycles. The van der Waals surface area contributed by atoms with Crippen LogP contribution in [0.5, 0.6) is 0 Å². The number of rotatable bonds is 1. The maximum atomic E-state index is 6.13. The second-order valence-corrected chi connectivity index (χ2v) is 6.49. The Hall–Kier alpha value is -2.96. The third-order valence-electron chi connectivity index (χ3n) is 3.82. The fourth-order valence-electron chi connectivity index (χ4n) is 2.77. The minimum atomic E-state index is -0.225. The van der Waals surface area contributed by atoms with Crippen LogP contribution >= 0.6 is 0 Å². The van der Waals surface area contributed by atoms with E-state index in [0.29, 0.717) is 5.82 Å². The zero-order chi connectivity index (χ0) is 16.2. The van der Waals surface area contributed by atoms with Gasteiger partial charge in [0.2, 0.25) is 0 Å². The van der Waals surface area contributed by atoms with Crippen molar-refractivity contribution in [3.8, 4) is 11.3 Å². The van der Waals surface area contributed by atoms with Crippen molar-refractivity contribution in [3.63, 3.8) is 0 Å². The molecule has 23 heavy (non-hydrogen) atoms. The van der Waals surface area contributed by atoms with Crippen molar-refractivity contribution in [1.29, 1.82) is 0 Å². The summed E-state index contributed by atoms with van der Waals surface area (Å²) >= 11 is 0. The lowest BCUT2D eigenvalue weighted by atomic mass is 10.1. The summed E-state index contributed by atoms with van der Waals surface area (Å²) in [6, 6.07) is 3.88. The van der Waals surface area contributed by atoms with Crippen molar-refractivity contribution in [2.24, 2.45) is 0 Å². The molecule has 0 aromatic carbocycles. The van der Waals surface area contributed by atoms with Crippen LogP contribution in [0.3, 0.4) is 0 Å². The lowest BCUT2D eigenvalue weighted by Gasteiger charge is -2.19. The first kappa shape index (κ1) is 13.7. The number of nitrogen functional groups attached to an aromatic ring is 1. The van der Waals surface area contributed by atoms with Crippen molar-refractivity contribution in [2.45, 2.75) is 26.3 Å². The highest BCUT2D eigenvalue weighted by atomic mass is 15.3. The summed E-state index contributed by atoms with van der Waals surface area (Å²) < 4.78 is 1.89. The van der Waals surface area contributed by atoms with E-state index in [0.717, 1.165) is 33.3 Å². The lowest BCUT2D eigenvalue weighted by Crippen LogP contribution is -2.23. The van der Waals surface area contributed by atoms with Crippen molar-refractivity contribution in [3.05, 3.63) is 30.9 Å². The Labute approximate surface area is 132 Å². The van der Waals surface area contributed by atoms with Crippen molar-refractivity contribution in [2.75, 3.05) is 5.73 Å². The number of nitrogens with zero attached hydrogens (tertiary/aromatic N) is 5. The zero-order valence-corrected chi connectivity index (χ0v) is 13.2. The molecule has 0 bridgehead atoms. The molecule has 0 radical (unpaired) electrons. The summed E-state index contributed by atoms with van der Waals surface area (Å²) in [6.07, 6.45) is 5.14. The molecule has 4 aromatic heterocycles. The Morgan fingerprint density at radius 2 is 2.00 bits per heavy atom. The average molecular weight is 307 g/mol. The van der Waals surface area contributed by atoms with E-state index in [-0.39, 0.29) is 5.54 Å². The maximum Gasteiger partial charge on any atom is 0.164 e. The number of H-pyrrole nitrogens is 1. The first-order valence-electron chi connectivity index (χ1n) is 7.39. The van der Waals surface area contributed by atoms with E-state index in [1.54, 1.807) is 6.20 Å². The summed E-state index contributed by atoms with van der Waals surface area (Å²) in [5.41, 5.74) is 10.1. The summed E-state index contributed by atoms with van der Waals surface area (Å²) in [4.78, 5) is 16.2. The van der Waals surface area contributed by atoms with Crippen LogP contribution in [0.1, 0.15) is 20.8 Å². The van der Waals surface area contributed by atoms with E-state index in [1.807, 2.05) is 23.0 Å². The van der Waals surface area contributed by atoms with Gasteiger partial charge in [0.15, 0.2) is 5.65 Å². The largest absolute Gasteiger partial charge is 0.383 e. The average Bonchev–Trinajstić information content (AvgIpc) is 3.08. The van der Waals surface area contributed by atoms with Gasteiger partial charge >= 0.3 is 0 Å². The lowest BCUT2D eigenvalue weighted by molar-refractivity contribution is 0.367. The minimum absolute atomic E-state index is 0.225. The molecule has 4 heterocycles. The van der Waals surface area contributed by atoms with Crippen LogP contribution in [0.25, 0.3) is 33.3 Å². The number of pyridine rings is 1. The summed E-state index contributed by atoms with van der Waals surface area (Å²) in [5.74, 6) is 0.422. The number of nitrogens with two attached hydrogens (primary N) is 1. The van der Waals surface area contributed by atoms with Crippen LogP contribution in [0, 0.1) is 0 Å². The van der Waals surface area contributed by atoms with Crippen LogP contribution in [0.2, 0.25) is 0 Å². The van der Waals surface area contributed by atoms with Crippen LogP contribution in [-0.2, 0) is 5.54 Å². The first-order valence-corrected chi connectivity index (χ1v) is 7.39. The van der Waals surface area contributed by atoms with Gasteiger partial charge in [0.25, 0.3) is 0 Å². The van der Waals surface area contributed by atoms with E-state index < -0.39 is 0 Å². The van der Waals surface area contributed by atoms with Crippen molar-refractivity contribution >= 4 is 27.9 Å². The molecule has 0 spiro atoms. The Kier molecular flexibility index (Phi) is 2.69. The fourth-order valence-corrected chi connectivity index (χ4v) is 2.77. The molecule has 4 aromatic rings. The third-order valence-corrected chi connectivity index (χ3v) is 3.82. The van der Waals surface area contributed by atoms with Crippen LogP contribution in [-0.4, -0.2) is 29.7 Å². The molecule has 0 unspecified atom stereocenters. The SMILES string of the molecule is CC(C)(C)n1nc(-c2c[nH]c3cccnc23)c2c(N)ncnc21. The number of aromatic amines is 1. The topological polar surface area (TPSA) is 98.3 Å². The molecule has 0 amide bonds.